The van der Waals surface area contributed by atoms with E-state index in [0.29, 0.717) is 18.9 Å². The number of rotatable bonds is 6. The lowest BCUT2D eigenvalue weighted by Crippen LogP contribution is -2.30. The number of hydrogen-bond donors (Lipinski definition) is 0. The fraction of sp³-hybridized carbons (Fsp3) is 0.333. The number of pyridine rings is 1. The second-order valence-corrected chi connectivity index (χ2v) is 6.40. The summed E-state index contributed by atoms with van der Waals surface area (Å²) in [5.74, 6) is 1.58. The Morgan fingerprint density at radius 1 is 1.30 bits per heavy atom. The van der Waals surface area contributed by atoms with Crippen LogP contribution in [0.2, 0.25) is 0 Å². The van der Waals surface area contributed by atoms with E-state index in [-0.39, 0.29) is 11.3 Å². The quantitative estimate of drug-likeness (QED) is 0.816. The van der Waals surface area contributed by atoms with E-state index in [4.69, 9.17) is 4.74 Å². The molecule has 2 aromatic rings. The highest BCUT2D eigenvalue weighted by atomic mass is 32.2. The lowest BCUT2D eigenvalue weighted by molar-refractivity contribution is -0.128. The molecule has 1 amide bonds. The van der Waals surface area contributed by atoms with Gasteiger partial charge >= 0.3 is 0 Å². The maximum Gasteiger partial charge on any atom is 0.233 e. The Balaban J connectivity index is 1.73. The molecule has 1 saturated heterocycles. The van der Waals surface area contributed by atoms with E-state index >= 15 is 0 Å². The van der Waals surface area contributed by atoms with Crippen LogP contribution in [0.5, 0.6) is 5.75 Å². The van der Waals surface area contributed by atoms with Crippen molar-refractivity contribution in [2.24, 2.45) is 0 Å². The minimum atomic E-state index is 0.0617. The molecule has 1 unspecified atom stereocenters. The third-order valence-corrected chi connectivity index (χ3v) is 5.01. The number of benzene rings is 1. The van der Waals surface area contributed by atoms with E-state index in [9.17, 15) is 4.79 Å². The van der Waals surface area contributed by atoms with Gasteiger partial charge in [0.15, 0.2) is 0 Å². The summed E-state index contributed by atoms with van der Waals surface area (Å²) in [4.78, 5) is 18.5. The van der Waals surface area contributed by atoms with Gasteiger partial charge in [0.1, 0.15) is 11.1 Å². The van der Waals surface area contributed by atoms with Crippen molar-refractivity contribution in [1.82, 2.24) is 9.88 Å². The second kappa shape index (κ2) is 7.51. The standard InChI is InChI=1S/C18H20N2O2S/c1-2-22-16-8-5-6-14(12-16)18-20(17(21)13-23-18)11-9-15-7-3-4-10-19-15/h3-8,10,12,18H,2,9,11,13H2,1H3. The molecule has 1 atom stereocenters. The monoisotopic (exact) mass is 328 g/mol. The predicted octanol–water partition coefficient (Wildman–Crippen LogP) is 3.30. The Morgan fingerprint density at radius 3 is 3.00 bits per heavy atom. The molecule has 1 aliphatic heterocycles. The highest BCUT2D eigenvalue weighted by Gasteiger charge is 2.32. The molecule has 5 heteroatoms. The molecule has 23 heavy (non-hydrogen) atoms. The number of carbonyl (C=O) groups excluding carboxylic acids is 1. The van der Waals surface area contributed by atoms with Gasteiger partial charge in [0.25, 0.3) is 0 Å². The molecule has 0 radical (unpaired) electrons. The number of carbonyl (C=O) groups is 1. The summed E-state index contributed by atoms with van der Waals surface area (Å²) < 4.78 is 5.57. The smallest absolute Gasteiger partial charge is 0.233 e. The van der Waals surface area contributed by atoms with Crippen molar-refractivity contribution in [3.8, 4) is 5.75 Å². The Kier molecular flexibility index (Phi) is 5.18. The van der Waals surface area contributed by atoms with Crippen LogP contribution in [0.15, 0.2) is 48.7 Å². The Bertz CT molecular complexity index is 663. The molecule has 1 aromatic heterocycles. The molecule has 3 rings (SSSR count). The van der Waals surface area contributed by atoms with Crippen LogP contribution in [0.25, 0.3) is 0 Å². The van der Waals surface area contributed by atoms with Gasteiger partial charge in [0.2, 0.25) is 5.91 Å². The van der Waals surface area contributed by atoms with Crippen LogP contribution in [0, 0.1) is 0 Å². The highest BCUT2D eigenvalue weighted by Crippen LogP contribution is 2.39. The third kappa shape index (κ3) is 3.85. The fourth-order valence-electron chi connectivity index (χ4n) is 2.68. The molecule has 0 bridgehead atoms. The van der Waals surface area contributed by atoms with Gasteiger partial charge in [-0.25, -0.2) is 0 Å². The van der Waals surface area contributed by atoms with Gasteiger partial charge in [0, 0.05) is 24.9 Å². The number of hydrogen-bond acceptors (Lipinski definition) is 4. The Morgan fingerprint density at radius 2 is 2.22 bits per heavy atom. The Labute approximate surface area is 140 Å². The Hall–Kier alpha value is -2.01. The normalized spacial score (nSPS) is 17.5. The minimum Gasteiger partial charge on any atom is -0.494 e. The average molecular weight is 328 g/mol. The van der Waals surface area contributed by atoms with Gasteiger partial charge in [0.05, 0.1) is 12.4 Å². The van der Waals surface area contributed by atoms with Crippen molar-refractivity contribution in [2.75, 3.05) is 18.9 Å². The molecule has 0 saturated carbocycles. The van der Waals surface area contributed by atoms with Gasteiger partial charge < -0.3 is 9.64 Å². The zero-order valence-electron chi connectivity index (χ0n) is 13.1. The highest BCUT2D eigenvalue weighted by molar-refractivity contribution is 8.00. The van der Waals surface area contributed by atoms with Crippen LogP contribution >= 0.6 is 11.8 Å². The molecule has 120 valence electrons. The second-order valence-electron chi connectivity index (χ2n) is 5.33. The summed E-state index contributed by atoms with van der Waals surface area (Å²) in [5.41, 5.74) is 2.13. The topological polar surface area (TPSA) is 42.4 Å². The van der Waals surface area contributed by atoms with Crippen molar-refractivity contribution in [3.63, 3.8) is 0 Å². The number of aromatic nitrogens is 1. The van der Waals surface area contributed by atoms with Crippen molar-refractivity contribution in [1.29, 1.82) is 0 Å². The molecule has 0 N–H and O–H groups in total. The maximum absolute atomic E-state index is 12.2. The van der Waals surface area contributed by atoms with Gasteiger partial charge in [-0.15, -0.1) is 11.8 Å². The predicted molar refractivity (Wildman–Crippen MR) is 92.5 cm³/mol. The molecular weight excluding hydrogens is 308 g/mol. The summed E-state index contributed by atoms with van der Waals surface area (Å²) in [5, 5.41) is 0.0617. The van der Waals surface area contributed by atoms with E-state index in [0.717, 1.165) is 23.4 Å². The summed E-state index contributed by atoms with van der Waals surface area (Å²) in [7, 11) is 0. The van der Waals surface area contributed by atoms with Crippen LogP contribution in [-0.4, -0.2) is 34.7 Å². The molecule has 0 spiro atoms. The minimum absolute atomic E-state index is 0.0617. The average Bonchev–Trinajstić information content (AvgIpc) is 2.95. The number of amides is 1. The van der Waals surface area contributed by atoms with E-state index < -0.39 is 0 Å². The number of thioether (sulfide) groups is 1. The molecule has 1 fully saturated rings. The van der Waals surface area contributed by atoms with E-state index in [1.807, 2.05) is 48.2 Å². The summed E-state index contributed by atoms with van der Waals surface area (Å²) in [6, 6.07) is 13.9. The van der Waals surface area contributed by atoms with E-state index in [1.165, 1.54) is 0 Å². The molecular formula is C18H20N2O2S. The zero-order valence-corrected chi connectivity index (χ0v) is 14.0. The van der Waals surface area contributed by atoms with Crippen LogP contribution in [-0.2, 0) is 11.2 Å². The van der Waals surface area contributed by atoms with Gasteiger partial charge in [-0.1, -0.05) is 18.2 Å². The van der Waals surface area contributed by atoms with Gasteiger partial charge in [-0.3, -0.25) is 9.78 Å². The van der Waals surface area contributed by atoms with Gasteiger partial charge in [-0.2, -0.15) is 0 Å². The molecule has 2 heterocycles. The maximum atomic E-state index is 12.2. The number of ether oxygens (including phenoxy) is 1. The lowest BCUT2D eigenvalue weighted by atomic mass is 10.2. The number of nitrogens with zero attached hydrogens (tertiary/aromatic N) is 2. The summed E-state index contributed by atoms with van der Waals surface area (Å²) in [6.45, 7) is 3.30. The first-order chi connectivity index (χ1) is 11.3. The first-order valence-corrected chi connectivity index (χ1v) is 8.86. The van der Waals surface area contributed by atoms with Crippen LogP contribution in [0.1, 0.15) is 23.6 Å². The van der Waals surface area contributed by atoms with Crippen molar-refractivity contribution in [2.45, 2.75) is 18.7 Å². The summed E-state index contributed by atoms with van der Waals surface area (Å²) >= 11 is 1.67. The van der Waals surface area contributed by atoms with Crippen LogP contribution in [0.4, 0.5) is 0 Å². The van der Waals surface area contributed by atoms with E-state index in [2.05, 4.69) is 11.1 Å². The van der Waals surface area contributed by atoms with Crippen molar-refractivity contribution < 1.29 is 9.53 Å². The van der Waals surface area contributed by atoms with E-state index in [1.54, 1.807) is 18.0 Å². The fourth-order valence-corrected chi connectivity index (χ4v) is 3.89. The molecule has 1 aromatic carbocycles. The van der Waals surface area contributed by atoms with Crippen molar-refractivity contribution >= 4 is 17.7 Å². The molecule has 1 aliphatic rings. The zero-order chi connectivity index (χ0) is 16.1. The first kappa shape index (κ1) is 15.9. The van der Waals surface area contributed by atoms with Crippen LogP contribution < -0.4 is 4.74 Å². The third-order valence-electron chi connectivity index (χ3n) is 3.76. The first-order valence-electron chi connectivity index (χ1n) is 7.81. The van der Waals surface area contributed by atoms with Gasteiger partial charge in [-0.05, 0) is 36.8 Å². The van der Waals surface area contributed by atoms with Crippen molar-refractivity contribution in [3.05, 3.63) is 59.9 Å². The van der Waals surface area contributed by atoms with Crippen LogP contribution in [0.3, 0.4) is 0 Å². The lowest BCUT2D eigenvalue weighted by Gasteiger charge is -2.24. The SMILES string of the molecule is CCOc1cccc(C2SCC(=O)N2CCc2ccccn2)c1. The molecule has 4 nitrogen and oxygen atoms in total. The largest absolute Gasteiger partial charge is 0.494 e. The molecule has 0 aliphatic carbocycles. The summed E-state index contributed by atoms with van der Waals surface area (Å²) in [6.07, 6.45) is 2.56.